The van der Waals surface area contributed by atoms with Crippen LogP contribution in [0, 0.1) is 0 Å². The number of halogens is 1. The van der Waals surface area contributed by atoms with Gasteiger partial charge in [0.2, 0.25) is 0 Å². The first-order valence-corrected chi connectivity index (χ1v) is 7.43. The summed E-state index contributed by atoms with van der Waals surface area (Å²) in [5.74, 6) is 2.29. The minimum absolute atomic E-state index is 0. The third-order valence-corrected chi connectivity index (χ3v) is 3.88. The van der Waals surface area contributed by atoms with Gasteiger partial charge in [-0.2, -0.15) is 0 Å². The summed E-state index contributed by atoms with van der Waals surface area (Å²) in [5.41, 5.74) is 7.59. The van der Waals surface area contributed by atoms with Gasteiger partial charge in [0, 0.05) is 0 Å². The molecule has 0 heterocycles. The molecule has 0 spiro atoms. The number of hydrogen-bond acceptors (Lipinski definition) is 6. The van der Waals surface area contributed by atoms with Crippen molar-refractivity contribution in [2.24, 2.45) is 5.73 Å². The van der Waals surface area contributed by atoms with Crippen LogP contribution in [0.1, 0.15) is 23.3 Å². The smallest absolute Gasteiger partial charge is 0.161 e. The third kappa shape index (κ3) is 4.48. The molecule has 138 valence electrons. The Morgan fingerprint density at radius 1 is 0.720 bits per heavy atom. The molecule has 25 heavy (non-hydrogen) atoms. The zero-order valence-electron chi connectivity index (χ0n) is 14.7. The minimum Gasteiger partial charge on any atom is -0.493 e. The highest BCUT2D eigenvalue weighted by atomic mass is 35.5. The van der Waals surface area contributed by atoms with E-state index in [0.29, 0.717) is 28.6 Å². The molecule has 0 aromatic heterocycles. The van der Waals surface area contributed by atoms with Crippen LogP contribution in [0.3, 0.4) is 0 Å². The molecule has 2 unspecified atom stereocenters. The number of aliphatic hydroxyl groups is 1. The normalized spacial score (nSPS) is 12.6. The van der Waals surface area contributed by atoms with E-state index in [-0.39, 0.29) is 12.4 Å². The predicted octanol–water partition coefficient (Wildman–Crippen LogP) is 2.88. The number of nitrogens with two attached hydrogens (primary N) is 1. The van der Waals surface area contributed by atoms with Crippen molar-refractivity contribution < 1.29 is 24.1 Å². The summed E-state index contributed by atoms with van der Waals surface area (Å²) in [6, 6.07) is 9.89. The van der Waals surface area contributed by atoms with Crippen LogP contribution in [0.5, 0.6) is 23.0 Å². The Balaban J connectivity index is 0.00000312. The molecule has 2 atom stereocenters. The molecule has 0 saturated heterocycles. The fraction of sp³-hybridized carbons (Fsp3) is 0.333. The van der Waals surface area contributed by atoms with Crippen molar-refractivity contribution in [3.05, 3.63) is 47.5 Å². The summed E-state index contributed by atoms with van der Waals surface area (Å²) in [6.45, 7) is 0. The van der Waals surface area contributed by atoms with E-state index in [1.54, 1.807) is 64.8 Å². The third-order valence-electron chi connectivity index (χ3n) is 3.88. The van der Waals surface area contributed by atoms with Crippen LogP contribution < -0.4 is 24.7 Å². The van der Waals surface area contributed by atoms with Crippen LogP contribution in [0.15, 0.2) is 36.4 Å². The average Bonchev–Trinajstić information content (AvgIpc) is 2.65. The van der Waals surface area contributed by atoms with Crippen molar-refractivity contribution in [3.63, 3.8) is 0 Å². The lowest BCUT2D eigenvalue weighted by molar-refractivity contribution is 0.146. The fourth-order valence-corrected chi connectivity index (χ4v) is 2.49. The lowest BCUT2D eigenvalue weighted by Gasteiger charge is -2.21. The van der Waals surface area contributed by atoms with E-state index in [0.717, 1.165) is 5.56 Å². The molecule has 3 N–H and O–H groups in total. The van der Waals surface area contributed by atoms with E-state index in [1.165, 1.54) is 0 Å². The molecule has 2 rings (SSSR count). The molecule has 2 aromatic rings. The number of aliphatic hydroxyl groups excluding tert-OH is 1. The Bertz CT molecular complexity index is 636. The highest BCUT2D eigenvalue weighted by Gasteiger charge is 2.21. The maximum Gasteiger partial charge on any atom is 0.161 e. The largest absolute Gasteiger partial charge is 0.493 e. The first kappa shape index (κ1) is 20.9. The first-order valence-electron chi connectivity index (χ1n) is 7.43. The molecule has 0 saturated carbocycles. The van der Waals surface area contributed by atoms with Crippen LogP contribution in [0.2, 0.25) is 0 Å². The quantitative estimate of drug-likeness (QED) is 0.780. The van der Waals surface area contributed by atoms with Gasteiger partial charge in [0.15, 0.2) is 23.0 Å². The van der Waals surface area contributed by atoms with Gasteiger partial charge in [0.1, 0.15) is 0 Å². The number of hydrogen-bond donors (Lipinski definition) is 2. The van der Waals surface area contributed by atoms with E-state index in [9.17, 15) is 5.11 Å². The number of benzene rings is 2. The van der Waals surface area contributed by atoms with Gasteiger partial charge >= 0.3 is 0 Å². The van der Waals surface area contributed by atoms with Crippen LogP contribution in [-0.2, 0) is 0 Å². The van der Waals surface area contributed by atoms with Gasteiger partial charge in [-0.15, -0.1) is 12.4 Å². The average molecular weight is 370 g/mol. The minimum atomic E-state index is -0.914. The van der Waals surface area contributed by atoms with Crippen LogP contribution >= 0.6 is 12.4 Å². The van der Waals surface area contributed by atoms with E-state index >= 15 is 0 Å². The molecule has 0 aliphatic carbocycles. The molecular weight excluding hydrogens is 346 g/mol. The second-order valence-corrected chi connectivity index (χ2v) is 5.20. The molecular formula is C18H24ClNO5. The Morgan fingerprint density at radius 2 is 1.12 bits per heavy atom. The van der Waals surface area contributed by atoms with Gasteiger partial charge in [0.25, 0.3) is 0 Å². The maximum absolute atomic E-state index is 10.6. The summed E-state index contributed by atoms with van der Waals surface area (Å²) in [7, 11) is 6.22. The Labute approximate surface area is 153 Å². The van der Waals surface area contributed by atoms with Crippen LogP contribution in [0.4, 0.5) is 0 Å². The van der Waals surface area contributed by atoms with Crippen molar-refractivity contribution in [2.75, 3.05) is 28.4 Å². The van der Waals surface area contributed by atoms with E-state index in [4.69, 9.17) is 24.7 Å². The van der Waals surface area contributed by atoms with Crippen molar-refractivity contribution in [1.82, 2.24) is 0 Å². The van der Waals surface area contributed by atoms with Crippen molar-refractivity contribution in [3.8, 4) is 23.0 Å². The summed E-state index contributed by atoms with van der Waals surface area (Å²) in [6.07, 6.45) is -0.914. The lowest BCUT2D eigenvalue weighted by atomic mass is 9.96. The molecule has 0 fully saturated rings. The molecule has 0 bridgehead atoms. The summed E-state index contributed by atoms with van der Waals surface area (Å²) < 4.78 is 21.0. The topological polar surface area (TPSA) is 83.2 Å². The van der Waals surface area contributed by atoms with Crippen LogP contribution in [0.25, 0.3) is 0 Å². The van der Waals surface area contributed by atoms with Crippen molar-refractivity contribution in [2.45, 2.75) is 12.1 Å². The van der Waals surface area contributed by atoms with E-state index in [1.807, 2.05) is 0 Å². The summed E-state index contributed by atoms with van der Waals surface area (Å²) >= 11 is 0. The highest BCUT2D eigenvalue weighted by Crippen LogP contribution is 2.36. The van der Waals surface area contributed by atoms with Gasteiger partial charge < -0.3 is 29.8 Å². The first-order chi connectivity index (χ1) is 11.5. The van der Waals surface area contributed by atoms with Gasteiger partial charge in [-0.3, -0.25) is 0 Å². The van der Waals surface area contributed by atoms with Gasteiger partial charge in [-0.1, -0.05) is 12.1 Å². The predicted molar refractivity (Wildman–Crippen MR) is 98.2 cm³/mol. The van der Waals surface area contributed by atoms with Crippen molar-refractivity contribution in [1.29, 1.82) is 0 Å². The number of rotatable bonds is 7. The number of ether oxygens (including phenoxy) is 4. The SMILES string of the molecule is COc1ccc(C(N)C(O)c2ccc(OC)c(OC)c2)cc1OC.Cl. The monoisotopic (exact) mass is 369 g/mol. The summed E-state index contributed by atoms with van der Waals surface area (Å²) in [5, 5.41) is 10.6. The van der Waals surface area contributed by atoms with Gasteiger partial charge in [-0.05, 0) is 35.4 Å². The molecule has 0 aliphatic heterocycles. The molecule has 0 radical (unpaired) electrons. The van der Waals surface area contributed by atoms with Crippen LogP contribution in [-0.4, -0.2) is 33.5 Å². The Hall–Kier alpha value is -2.15. The molecule has 2 aromatic carbocycles. The van der Waals surface area contributed by atoms with E-state index < -0.39 is 12.1 Å². The molecule has 6 nitrogen and oxygen atoms in total. The molecule has 0 aliphatic rings. The second-order valence-electron chi connectivity index (χ2n) is 5.20. The number of methoxy groups -OCH3 is 4. The van der Waals surface area contributed by atoms with Gasteiger partial charge in [-0.25, -0.2) is 0 Å². The zero-order chi connectivity index (χ0) is 17.7. The van der Waals surface area contributed by atoms with Gasteiger partial charge in [0.05, 0.1) is 40.6 Å². The molecule has 7 heteroatoms. The van der Waals surface area contributed by atoms with Crippen molar-refractivity contribution >= 4 is 12.4 Å². The fourth-order valence-electron chi connectivity index (χ4n) is 2.49. The highest BCUT2D eigenvalue weighted by molar-refractivity contribution is 5.85. The standard InChI is InChI=1S/C18H23NO5.ClH/c1-21-13-7-5-11(9-15(13)23-3)17(19)18(20)12-6-8-14(22-2)16(10-12)24-4;/h5-10,17-18,20H,19H2,1-4H3;1H. The zero-order valence-corrected chi connectivity index (χ0v) is 15.5. The maximum atomic E-state index is 10.6. The Kier molecular flexibility index (Phi) is 7.83. The summed E-state index contributed by atoms with van der Waals surface area (Å²) in [4.78, 5) is 0. The molecule has 0 amide bonds. The lowest BCUT2D eigenvalue weighted by Crippen LogP contribution is -2.19. The Morgan fingerprint density at radius 3 is 1.56 bits per heavy atom. The van der Waals surface area contributed by atoms with E-state index in [2.05, 4.69) is 0 Å². The second kappa shape index (κ2) is 9.36.